The number of amides is 1. The highest BCUT2D eigenvalue weighted by Crippen LogP contribution is 2.29. The molecule has 1 amide bonds. The molecule has 1 heterocycles. The van der Waals surface area contributed by atoms with Crippen molar-refractivity contribution in [3.63, 3.8) is 0 Å². The summed E-state index contributed by atoms with van der Waals surface area (Å²) in [7, 11) is 0. The minimum absolute atomic E-state index is 0.0322. The van der Waals surface area contributed by atoms with E-state index in [0.29, 0.717) is 30.7 Å². The Bertz CT molecular complexity index is 1410. The van der Waals surface area contributed by atoms with Gasteiger partial charge in [-0.05, 0) is 72.2 Å². The molecule has 0 aliphatic rings. The molecule has 39 heavy (non-hydrogen) atoms. The van der Waals surface area contributed by atoms with E-state index >= 15 is 0 Å². The molecule has 1 unspecified atom stereocenters. The number of aromatic nitrogens is 2. The van der Waals surface area contributed by atoms with Crippen LogP contribution in [0.25, 0.3) is 11.1 Å². The van der Waals surface area contributed by atoms with Crippen LogP contribution in [0.3, 0.4) is 0 Å². The zero-order chi connectivity index (χ0) is 27.8. The van der Waals surface area contributed by atoms with Crippen molar-refractivity contribution in [1.29, 1.82) is 0 Å². The monoisotopic (exact) mass is 545 g/mol. The number of nitrogens with one attached hydrogen (secondary N) is 1. The van der Waals surface area contributed by atoms with Crippen LogP contribution < -0.4 is 5.32 Å². The third-order valence-corrected chi connectivity index (χ3v) is 7.43. The Hall–Kier alpha value is -3.91. The first-order valence-corrected chi connectivity index (χ1v) is 14.2. The van der Waals surface area contributed by atoms with Crippen LogP contribution in [0.5, 0.6) is 0 Å². The summed E-state index contributed by atoms with van der Waals surface area (Å²) in [4.78, 5) is 29.3. The molecule has 8 heteroatoms. The largest absolute Gasteiger partial charge is 0.480 e. The summed E-state index contributed by atoms with van der Waals surface area (Å²) >= 11 is 1.54. The third kappa shape index (κ3) is 7.35. The topological polar surface area (TPSA) is 84.2 Å². The number of carboxylic acids is 1. The molecule has 0 fully saturated rings. The van der Waals surface area contributed by atoms with Gasteiger partial charge in [0.1, 0.15) is 11.9 Å². The first-order valence-electron chi connectivity index (χ1n) is 12.8. The second kappa shape index (κ2) is 13.2. The number of aryl methyl sites for hydroxylation is 1. The summed E-state index contributed by atoms with van der Waals surface area (Å²) < 4.78 is 15.8. The van der Waals surface area contributed by atoms with Crippen LogP contribution in [-0.4, -0.2) is 44.6 Å². The van der Waals surface area contributed by atoms with Crippen LogP contribution >= 0.6 is 11.8 Å². The van der Waals surface area contributed by atoms with Gasteiger partial charge in [0.15, 0.2) is 0 Å². The minimum Gasteiger partial charge on any atom is -0.480 e. The van der Waals surface area contributed by atoms with Crippen molar-refractivity contribution in [3.8, 4) is 11.1 Å². The number of thioether (sulfide) groups is 1. The minimum atomic E-state index is -1.05. The number of benzene rings is 3. The van der Waals surface area contributed by atoms with Gasteiger partial charge in [0.05, 0.1) is 6.33 Å². The molecule has 1 aromatic heterocycles. The summed E-state index contributed by atoms with van der Waals surface area (Å²) in [6, 6.07) is 20.9. The summed E-state index contributed by atoms with van der Waals surface area (Å²) in [5.41, 5.74) is 5.07. The molecule has 3 aromatic carbocycles. The van der Waals surface area contributed by atoms with Crippen molar-refractivity contribution in [2.75, 3.05) is 12.0 Å². The Labute approximate surface area is 232 Å². The third-order valence-electron chi connectivity index (χ3n) is 6.79. The van der Waals surface area contributed by atoms with Crippen molar-refractivity contribution in [2.24, 2.45) is 0 Å². The molecule has 0 bridgehead atoms. The Kier molecular flexibility index (Phi) is 9.54. The van der Waals surface area contributed by atoms with E-state index in [1.165, 1.54) is 23.9 Å². The lowest BCUT2D eigenvalue weighted by atomic mass is 9.89. The Morgan fingerprint density at radius 2 is 1.82 bits per heavy atom. The fourth-order valence-corrected chi connectivity index (χ4v) is 5.10. The predicted octanol–water partition coefficient (Wildman–Crippen LogP) is 5.96. The number of carbonyl (C=O) groups is 2. The number of nitrogens with zero attached hydrogens (tertiary/aromatic N) is 2. The zero-order valence-corrected chi connectivity index (χ0v) is 22.8. The summed E-state index contributed by atoms with van der Waals surface area (Å²) in [6.07, 6.45) is 6.50. The highest BCUT2D eigenvalue weighted by molar-refractivity contribution is 7.98. The molecule has 4 aromatic rings. The van der Waals surface area contributed by atoms with E-state index in [0.717, 1.165) is 27.9 Å². The lowest BCUT2D eigenvalue weighted by Gasteiger charge is -2.21. The first-order chi connectivity index (χ1) is 18.9. The summed E-state index contributed by atoms with van der Waals surface area (Å²) in [5.74, 6) is -1.09. The fraction of sp³-hybridized carbons (Fsp3) is 0.258. The van der Waals surface area contributed by atoms with Crippen molar-refractivity contribution < 1.29 is 19.1 Å². The van der Waals surface area contributed by atoms with Crippen LogP contribution in [-0.2, 0) is 17.8 Å². The molecule has 0 aliphatic carbocycles. The van der Waals surface area contributed by atoms with Crippen molar-refractivity contribution >= 4 is 23.6 Å². The molecule has 202 valence electrons. The van der Waals surface area contributed by atoms with Gasteiger partial charge < -0.3 is 15.0 Å². The first kappa shape index (κ1) is 28.1. The maximum atomic E-state index is 13.7. The average molecular weight is 546 g/mol. The molecule has 2 N–H and O–H groups in total. The fourth-order valence-electron chi connectivity index (χ4n) is 4.62. The van der Waals surface area contributed by atoms with E-state index in [1.807, 2.05) is 74.0 Å². The molecule has 0 spiro atoms. The van der Waals surface area contributed by atoms with Gasteiger partial charge in [0.25, 0.3) is 5.91 Å². The van der Waals surface area contributed by atoms with E-state index < -0.39 is 17.9 Å². The van der Waals surface area contributed by atoms with Gasteiger partial charge in [-0.3, -0.25) is 4.79 Å². The lowest BCUT2D eigenvalue weighted by molar-refractivity contribution is -0.139. The number of aliphatic carboxylic acids is 1. The van der Waals surface area contributed by atoms with E-state index in [9.17, 15) is 19.1 Å². The van der Waals surface area contributed by atoms with Gasteiger partial charge in [-0.15, -0.1) is 0 Å². The number of carbonyl (C=O) groups excluding carboxylic acids is 1. The molecule has 0 radical (unpaired) electrons. The molecule has 0 saturated heterocycles. The van der Waals surface area contributed by atoms with E-state index in [2.05, 4.69) is 14.9 Å². The average Bonchev–Trinajstić information content (AvgIpc) is 3.35. The van der Waals surface area contributed by atoms with Gasteiger partial charge in [-0.25, -0.2) is 14.2 Å². The van der Waals surface area contributed by atoms with Crippen LogP contribution in [0, 0.1) is 12.7 Å². The van der Waals surface area contributed by atoms with Gasteiger partial charge in [-0.1, -0.05) is 54.6 Å². The number of halogens is 1. The van der Waals surface area contributed by atoms with Crippen LogP contribution in [0.1, 0.15) is 39.5 Å². The van der Waals surface area contributed by atoms with E-state index in [1.54, 1.807) is 12.4 Å². The van der Waals surface area contributed by atoms with E-state index in [4.69, 9.17) is 0 Å². The van der Waals surface area contributed by atoms with Crippen molar-refractivity contribution in [3.05, 3.63) is 114 Å². The molecule has 6 nitrogen and oxygen atoms in total. The molecule has 0 aliphatic heterocycles. The van der Waals surface area contributed by atoms with Crippen LogP contribution in [0.2, 0.25) is 0 Å². The number of imidazole rings is 1. The molecular weight excluding hydrogens is 513 g/mol. The van der Waals surface area contributed by atoms with Gasteiger partial charge in [0.2, 0.25) is 0 Å². The van der Waals surface area contributed by atoms with Gasteiger partial charge in [0, 0.05) is 29.9 Å². The second-order valence-corrected chi connectivity index (χ2v) is 10.5. The summed E-state index contributed by atoms with van der Waals surface area (Å²) in [5, 5.41) is 12.3. The number of rotatable bonds is 12. The molecule has 4 rings (SSSR count). The van der Waals surface area contributed by atoms with Gasteiger partial charge >= 0.3 is 5.97 Å². The maximum absolute atomic E-state index is 13.7. The van der Waals surface area contributed by atoms with Crippen LogP contribution in [0.15, 0.2) is 85.3 Å². The Morgan fingerprint density at radius 1 is 1.08 bits per heavy atom. The van der Waals surface area contributed by atoms with Crippen molar-refractivity contribution in [2.45, 2.75) is 38.3 Å². The predicted molar refractivity (Wildman–Crippen MR) is 154 cm³/mol. The molecule has 0 saturated carbocycles. The summed E-state index contributed by atoms with van der Waals surface area (Å²) in [6.45, 7) is 2.66. The number of hydrogen-bond donors (Lipinski definition) is 2. The smallest absolute Gasteiger partial charge is 0.326 e. The number of carboxylic acid groups (broad SMARTS) is 1. The lowest BCUT2D eigenvalue weighted by Crippen LogP contribution is -2.41. The SMILES string of the molecule is CSCC[C@H](NC(=O)c1ccc(CC(Cn2cncc2C)c2ccc(F)cc2)cc1-c1ccccc1)C(=O)O. The normalized spacial score (nSPS) is 12.6. The maximum Gasteiger partial charge on any atom is 0.326 e. The number of hydrogen-bond acceptors (Lipinski definition) is 4. The quantitative estimate of drug-likeness (QED) is 0.230. The Morgan fingerprint density at radius 3 is 2.46 bits per heavy atom. The zero-order valence-electron chi connectivity index (χ0n) is 22.0. The standard InChI is InChI=1S/C31H32FN3O3S/c1-21-18-33-20-35(21)19-25(23-9-11-26(32)12-10-23)16-22-8-13-27(28(17-22)24-6-4-3-5-7-24)30(36)34-29(31(37)38)14-15-39-2/h3-13,17-18,20,25,29H,14-16,19H2,1-2H3,(H,34,36)(H,37,38)/t25?,29-/m0/s1. The Balaban J connectivity index is 1.68. The highest BCUT2D eigenvalue weighted by Gasteiger charge is 2.23. The highest BCUT2D eigenvalue weighted by atomic mass is 32.2. The van der Waals surface area contributed by atoms with E-state index in [-0.39, 0.29) is 11.7 Å². The second-order valence-electron chi connectivity index (χ2n) is 9.53. The molecule has 2 atom stereocenters. The molecular formula is C31H32FN3O3S. The van der Waals surface area contributed by atoms with Gasteiger partial charge in [-0.2, -0.15) is 11.8 Å². The van der Waals surface area contributed by atoms with Crippen LogP contribution in [0.4, 0.5) is 4.39 Å². The van der Waals surface area contributed by atoms with Crippen molar-refractivity contribution in [1.82, 2.24) is 14.9 Å².